The lowest BCUT2D eigenvalue weighted by molar-refractivity contribution is -0.119. The number of ether oxygens (including phenoxy) is 2. The number of hydrazone groups is 1. The van der Waals surface area contributed by atoms with Crippen LogP contribution in [-0.2, 0) is 14.8 Å². The third-order valence-corrected chi connectivity index (χ3v) is 6.14. The molecule has 1 aromatic heterocycles. The monoisotopic (exact) mass is 438 g/mol. The van der Waals surface area contributed by atoms with Gasteiger partial charge in [-0.3, -0.25) is 14.1 Å². The molecule has 0 spiro atoms. The van der Waals surface area contributed by atoms with Gasteiger partial charge in [0.05, 0.1) is 23.0 Å². The molecule has 2 heterocycles. The van der Waals surface area contributed by atoms with Gasteiger partial charge in [0.15, 0.2) is 11.5 Å². The minimum atomic E-state index is -3.98. The molecule has 158 valence electrons. The largest absolute Gasteiger partial charge is 0.454 e. The Morgan fingerprint density at radius 2 is 1.90 bits per heavy atom. The SMILES string of the molecule is O=C(CN(c1cccnc1)S(=O)(=O)c1ccccc1)N/N=C\c1ccc2c(c1)OCO2. The minimum absolute atomic E-state index is 0.0653. The van der Waals surface area contributed by atoms with Crippen molar-refractivity contribution < 1.29 is 22.7 Å². The topological polar surface area (TPSA) is 110 Å². The van der Waals surface area contributed by atoms with Gasteiger partial charge in [0.1, 0.15) is 6.54 Å². The van der Waals surface area contributed by atoms with Crippen molar-refractivity contribution in [1.29, 1.82) is 0 Å². The van der Waals surface area contributed by atoms with Crippen molar-refractivity contribution in [2.45, 2.75) is 4.90 Å². The summed E-state index contributed by atoms with van der Waals surface area (Å²) in [5, 5.41) is 3.91. The maximum Gasteiger partial charge on any atom is 0.264 e. The highest BCUT2D eigenvalue weighted by atomic mass is 32.2. The Morgan fingerprint density at radius 1 is 1.10 bits per heavy atom. The van der Waals surface area contributed by atoms with Crippen LogP contribution in [0, 0.1) is 0 Å². The van der Waals surface area contributed by atoms with E-state index in [-0.39, 0.29) is 17.4 Å². The van der Waals surface area contributed by atoms with Crippen LogP contribution in [0.5, 0.6) is 11.5 Å². The highest BCUT2D eigenvalue weighted by Gasteiger charge is 2.27. The van der Waals surface area contributed by atoms with Gasteiger partial charge in [-0.15, -0.1) is 0 Å². The van der Waals surface area contributed by atoms with Crippen LogP contribution in [-0.4, -0.2) is 38.9 Å². The zero-order chi connectivity index (χ0) is 21.7. The number of pyridine rings is 1. The molecule has 3 aromatic rings. The smallest absolute Gasteiger partial charge is 0.264 e. The summed E-state index contributed by atoms with van der Waals surface area (Å²) in [4.78, 5) is 16.5. The highest BCUT2D eigenvalue weighted by molar-refractivity contribution is 7.92. The first-order valence-electron chi connectivity index (χ1n) is 9.23. The van der Waals surface area contributed by atoms with E-state index in [1.807, 2.05) is 0 Å². The second kappa shape index (κ2) is 8.84. The fraction of sp³-hybridized carbons (Fsp3) is 0.0952. The summed E-state index contributed by atoms with van der Waals surface area (Å²) in [6.45, 7) is -0.311. The van der Waals surface area contributed by atoms with E-state index in [4.69, 9.17) is 9.47 Å². The van der Waals surface area contributed by atoms with Gasteiger partial charge >= 0.3 is 0 Å². The number of nitrogens with one attached hydrogen (secondary N) is 1. The van der Waals surface area contributed by atoms with Crippen LogP contribution in [0.25, 0.3) is 0 Å². The summed E-state index contributed by atoms with van der Waals surface area (Å²) < 4.78 is 37.8. The summed E-state index contributed by atoms with van der Waals surface area (Å²) in [5.41, 5.74) is 3.31. The quantitative estimate of drug-likeness (QED) is 0.447. The van der Waals surface area contributed by atoms with E-state index >= 15 is 0 Å². The van der Waals surface area contributed by atoms with E-state index in [2.05, 4.69) is 15.5 Å². The second-order valence-electron chi connectivity index (χ2n) is 6.44. The lowest BCUT2D eigenvalue weighted by atomic mass is 10.2. The fourth-order valence-corrected chi connectivity index (χ4v) is 4.30. The van der Waals surface area contributed by atoms with Gasteiger partial charge in [-0.05, 0) is 48.0 Å². The Hall–Kier alpha value is -3.92. The van der Waals surface area contributed by atoms with Crippen molar-refractivity contribution in [2.24, 2.45) is 5.10 Å². The zero-order valence-corrected chi connectivity index (χ0v) is 17.0. The summed E-state index contributed by atoms with van der Waals surface area (Å²) in [5.74, 6) is 0.617. The molecule has 0 unspecified atom stereocenters. The van der Waals surface area contributed by atoms with Gasteiger partial charge in [-0.2, -0.15) is 5.10 Å². The third kappa shape index (κ3) is 4.64. The molecule has 10 heteroatoms. The van der Waals surface area contributed by atoms with Crippen LogP contribution >= 0.6 is 0 Å². The number of aromatic nitrogens is 1. The number of rotatable bonds is 7. The third-order valence-electron chi connectivity index (χ3n) is 4.35. The molecule has 0 aliphatic carbocycles. The number of hydrogen-bond donors (Lipinski definition) is 1. The van der Waals surface area contributed by atoms with Crippen LogP contribution in [0.4, 0.5) is 5.69 Å². The summed E-state index contributed by atoms with van der Waals surface area (Å²) >= 11 is 0. The predicted octanol–water partition coefficient (Wildman–Crippen LogP) is 2.16. The minimum Gasteiger partial charge on any atom is -0.454 e. The van der Waals surface area contributed by atoms with Crippen molar-refractivity contribution in [3.63, 3.8) is 0 Å². The molecule has 31 heavy (non-hydrogen) atoms. The van der Waals surface area contributed by atoms with Gasteiger partial charge < -0.3 is 9.47 Å². The maximum atomic E-state index is 13.1. The molecule has 1 aliphatic heterocycles. The molecule has 1 aliphatic rings. The molecule has 0 saturated heterocycles. The first kappa shape index (κ1) is 20.4. The number of carbonyl (C=O) groups excluding carboxylic acids is 1. The number of anilines is 1. The first-order chi connectivity index (χ1) is 15.0. The van der Waals surface area contributed by atoms with Crippen LogP contribution in [0.2, 0.25) is 0 Å². The highest BCUT2D eigenvalue weighted by Crippen LogP contribution is 2.32. The van der Waals surface area contributed by atoms with Crippen LogP contribution in [0.15, 0.2) is 83.1 Å². The molecule has 1 N–H and O–H groups in total. The van der Waals surface area contributed by atoms with E-state index < -0.39 is 22.5 Å². The summed E-state index contributed by atoms with van der Waals surface area (Å²) in [6, 6.07) is 16.3. The van der Waals surface area contributed by atoms with Gasteiger partial charge in [-0.25, -0.2) is 13.8 Å². The van der Waals surface area contributed by atoms with Crippen LogP contribution in [0.3, 0.4) is 0 Å². The van der Waals surface area contributed by atoms with E-state index in [1.165, 1.54) is 30.7 Å². The van der Waals surface area contributed by atoms with Crippen LogP contribution in [0.1, 0.15) is 5.56 Å². The van der Waals surface area contributed by atoms with Crippen molar-refractivity contribution >= 4 is 27.8 Å². The number of nitrogens with zero attached hydrogens (tertiary/aromatic N) is 3. The number of carbonyl (C=O) groups is 1. The van der Waals surface area contributed by atoms with Crippen LogP contribution < -0.4 is 19.2 Å². The van der Waals surface area contributed by atoms with E-state index in [1.54, 1.807) is 48.5 Å². The maximum absolute atomic E-state index is 13.1. The average molecular weight is 438 g/mol. The summed E-state index contributed by atoms with van der Waals surface area (Å²) in [7, 11) is -3.98. The molecular weight excluding hydrogens is 420 g/mol. The molecule has 0 bridgehead atoms. The molecular formula is C21H18N4O5S. The van der Waals surface area contributed by atoms with Gasteiger partial charge in [0, 0.05) is 6.20 Å². The molecule has 4 rings (SSSR count). The normalized spacial score (nSPS) is 12.6. The Kier molecular flexibility index (Phi) is 5.80. The van der Waals surface area contributed by atoms with Crippen molar-refractivity contribution in [3.05, 3.63) is 78.6 Å². The van der Waals surface area contributed by atoms with Gasteiger partial charge in [0.25, 0.3) is 15.9 Å². The van der Waals surface area contributed by atoms with Crippen molar-refractivity contribution in [3.8, 4) is 11.5 Å². The number of amides is 1. The van der Waals surface area contributed by atoms with Crippen molar-refractivity contribution in [1.82, 2.24) is 10.4 Å². The zero-order valence-electron chi connectivity index (χ0n) is 16.2. The van der Waals surface area contributed by atoms with E-state index in [9.17, 15) is 13.2 Å². The van der Waals surface area contributed by atoms with Gasteiger partial charge in [-0.1, -0.05) is 18.2 Å². The van der Waals surface area contributed by atoms with E-state index in [0.717, 1.165) is 4.31 Å². The van der Waals surface area contributed by atoms with Crippen molar-refractivity contribution in [2.75, 3.05) is 17.6 Å². The number of sulfonamides is 1. The lowest BCUT2D eigenvalue weighted by Gasteiger charge is -2.23. The first-order valence-corrected chi connectivity index (χ1v) is 10.7. The Balaban J connectivity index is 1.50. The number of fused-ring (bicyclic) bond motifs is 1. The molecule has 0 saturated carbocycles. The lowest BCUT2D eigenvalue weighted by Crippen LogP contribution is -2.39. The molecule has 0 atom stereocenters. The predicted molar refractivity (Wildman–Crippen MR) is 114 cm³/mol. The van der Waals surface area contributed by atoms with Gasteiger partial charge in [0.2, 0.25) is 6.79 Å². The number of benzene rings is 2. The molecule has 0 radical (unpaired) electrons. The molecule has 2 aromatic carbocycles. The fourth-order valence-electron chi connectivity index (χ4n) is 2.87. The molecule has 0 fully saturated rings. The Labute approximate surface area is 179 Å². The average Bonchev–Trinajstić information content (AvgIpc) is 3.26. The Bertz CT molecular complexity index is 1200. The molecule has 1 amide bonds. The number of hydrogen-bond acceptors (Lipinski definition) is 7. The summed E-state index contributed by atoms with van der Waals surface area (Å²) in [6.07, 6.45) is 4.33. The standard InChI is InChI=1S/C21H18N4O5S/c26-21(24-23-12-16-8-9-19-20(11-16)30-15-29-19)14-25(17-5-4-10-22-13-17)31(27,28)18-6-2-1-3-7-18/h1-13H,14-15H2,(H,24,26)/b23-12-. The van der Waals surface area contributed by atoms with E-state index in [0.29, 0.717) is 17.1 Å². The Morgan fingerprint density at radius 3 is 2.68 bits per heavy atom. The molecule has 9 nitrogen and oxygen atoms in total. The second-order valence-corrected chi connectivity index (χ2v) is 8.30.